The smallest absolute Gasteiger partial charge is 0.196 e. The average Bonchev–Trinajstić information content (AvgIpc) is 2.97. The minimum absolute atomic E-state index is 0.125. The molecule has 5 rings (SSSR count). The molecule has 192 valence electrons. The van der Waals surface area contributed by atoms with Crippen LogP contribution in [0.3, 0.4) is 0 Å². The van der Waals surface area contributed by atoms with Gasteiger partial charge in [-0.2, -0.15) is 0 Å². The number of hydrogen-bond acceptors (Lipinski definition) is 7. The minimum Gasteiger partial charge on any atom is -0.493 e. The Bertz CT molecular complexity index is 1610. The van der Waals surface area contributed by atoms with Crippen LogP contribution in [0.4, 0.5) is 0 Å². The van der Waals surface area contributed by atoms with Gasteiger partial charge in [-0.1, -0.05) is 36.4 Å². The fourth-order valence-electron chi connectivity index (χ4n) is 4.46. The highest BCUT2D eigenvalue weighted by Gasteiger charge is 2.23. The van der Waals surface area contributed by atoms with Crippen LogP contribution in [0, 0.1) is 0 Å². The highest BCUT2D eigenvalue weighted by molar-refractivity contribution is 5.85. The molecule has 0 unspecified atom stereocenters. The van der Waals surface area contributed by atoms with Crippen molar-refractivity contribution in [2.24, 2.45) is 0 Å². The Kier molecular flexibility index (Phi) is 7.38. The molecule has 0 bridgehead atoms. The van der Waals surface area contributed by atoms with Crippen molar-refractivity contribution < 1.29 is 23.7 Å². The van der Waals surface area contributed by atoms with E-state index in [1.165, 1.54) is 0 Å². The van der Waals surface area contributed by atoms with E-state index in [9.17, 15) is 4.79 Å². The van der Waals surface area contributed by atoms with E-state index in [4.69, 9.17) is 23.7 Å². The first kappa shape index (κ1) is 25.0. The largest absolute Gasteiger partial charge is 0.493 e. The maximum Gasteiger partial charge on any atom is 0.196 e. The molecular weight excluding hydrogens is 482 g/mol. The van der Waals surface area contributed by atoms with E-state index in [0.29, 0.717) is 45.1 Å². The van der Waals surface area contributed by atoms with Crippen LogP contribution in [0.2, 0.25) is 0 Å². The summed E-state index contributed by atoms with van der Waals surface area (Å²) < 4.78 is 23.5. The zero-order valence-corrected chi connectivity index (χ0v) is 21.1. The van der Waals surface area contributed by atoms with Crippen molar-refractivity contribution in [2.75, 3.05) is 27.4 Å². The molecular formula is C31H27NO6. The Morgan fingerprint density at radius 2 is 1.71 bits per heavy atom. The molecule has 0 radical (unpaired) electrons. The van der Waals surface area contributed by atoms with Crippen LogP contribution in [0.15, 0.2) is 94.3 Å². The quantitative estimate of drug-likeness (QED) is 0.281. The molecule has 0 aliphatic carbocycles. The monoisotopic (exact) mass is 509 g/mol. The Morgan fingerprint density at radius 3 is 2.42 bits per heavy atom. The van der Waals surface area contributed by atoms with Crippen molar-refractivity contribution in [2.45, 2.75) is 6.42 Å². The van der Waals surface area contributed by atoms with Gasteiger partial charge in [0, 0.05) is 29.9 Å². The van der Waals surface area contributed by atoms with Gasteiger partial charge in [0.05, 0.1) is 31.8 Å². The molecule has 38 heavy (non-hydrogen) atoms. The summed E-state index contributed by atoms with van der Waals surface area (Å²) in [7, 11) is 3.13. The molecule has 3 aromatic carbocycles. The first-order valence-electron chi connectivity index (χ1n) is 12.2. The number of methoxy groups -OCH3 is 2. The Balaban J connectivity index is 1.80. The zero-order valence-electron chi connectivity index (χ0n) is 21.1. The molecule has 0 aliphatic heterocycles. The fourth-order valence-corrected chi connectivity index (χ4v) is 4.46. The lowest BCUT2D eigenvalue weighted by Gasteiger charge is -2.17. The lowest BCUT2D eigenvalue weighted by atomic mass is 9.96. The van der Waals surface area contributed by atoms with Gasteiger partial charge in [0.25, 0.3) is 0 Å². The third-order valence-electron chi connectivity index (χ3n) is 6.23. The lowest BCUT2D eigenvalue weighted by Crippen LogP contribution is -2.13. The van der Waals surface area contributed by atoms with Crippen molar-refractivity contribution in [1.82, 2.24) is 4.98 Å². The Labute approximate surface area is 219 Å². The minimum atomic E-state index is -0.174. The van der Waals surface area contributed by atoms with Gasteiger partial charge < -0.3 is 23.7 Å². The van der Waals surface area contributed by atoms with Gasteiger partial charge >= 0.3 is 0 Å². The van der Waals surface area contributed by atoms with Crippen molar-refractivity contribution in [1.29, 1.82) is 0 Å². The summed E-state index contributed by atoms with van der Waals surface area (Å²) in [4.78, 5) is 18.4. The lowest BCUT2D eigenvalue weighted by molar-refractivity contribution is 0.201. The van der Waals surface area contributed by atoms with Gasteiger partial charge in [-0.15, -0.1) is 0 Å². The number of nitrogens with zero attached hydrogens (tertiary/aromatic N) is 1. The van der Waals surface area contributed by atoms with Gasteiger partial charge in [-0.05, 0) is 47.5 Å². The van der Waals surface area contributed by atoms with Crippen molar-refractivity contribution in [3.05, 3.63) is 107 Å². The van der Waals surface area contributed by atoms with Gasteiger partial charge in [0.15, 0.2) is 16.9 Å². The molecule has 0 atom stereocenters. The number of hydrogen-bond donors (Lipinski definition) is 1. The topological polar surface area (TPSA) is 91.0 Å². The van der Waals surface area contributed by atoms with Crippen LogP contribution in [0.5, 0.6) is 17.2 Å². The molecule has 0 fully saturated rings. The van der Waals surface area contributed by atoms with Crippen LogP contribution in [0.1, 0.15) is 11.3 Å². The number of aromatic nitrogens is 1. The molecule has 0 saturated carbocycles. The van der Waals surface area contributed by atoms with E-state index < -0.39 is 0 Å². The van der Waals surface area contributed by atoms with Crippen LogP contribution in [-0.2, 0) is 6.42 Å². The molecule has 0 amide bonds. The van der Waals surface area contributed by atoms with E-state index in [1.54, 1.807) is 38.6 Å². The van der Waals surface area contributed by atoms with E-state index in [1.807, 2.05) is 60.7 Å². The Morgan fingerprint density at radius 1 is 0.895 bits per heavy atom. The summed E-state index contributed by atoms with van der Waals surface area (Å²) in [5, 5.41) is 9.57. The summed E-state index contributed by atoms with van der Waals surface area (Å²) in [5.74, 6) is 1.81. The van der Waals surface area contributed by atoms with Crippen LogP contribution in [0.25, 0.3) is 33.4 Å². The maximum absolute atomic E-state index is 13.9. The second-order valence-electron chi connectivity index (χ2n) is 8.59. The van der Waals surface area contributed by atoms with E-state index in [0.717, 1.165) is 16.8 Å². The number of fused-ring (bicyclic) bond motifs is 1. The second kappa shape index (κ2) is 11.2. The fraction of sp³-hybridized carbons (Fsp3) is 0.161. The van der Waals surface area contributed by atoms with Gasteiger partial charge in [0.2, 0.25) is 0 Å². The molecule has 1 N–H and O–H groups in total. The highest BCUT2D eigenvalue weighted by Crippen LogP contribution is 2.43. The summed E-state index contributed by atoms with van der Waals surface area (Å²) in [6.07, 6.45) is 1.96. The molecule has 0 aliphatic rings. The molecule has 0 spiro atoms. The van der Waals surface area contributed by atoms with Gasteiger partial charge in [0.1, 0.15) is 23.7 Å². The van der Waals surface area contributed by atoms with E-state index in [2.05, 4.69) is 4.98 Å². The normalized spacial score (nSPS) is 10.9. The number of benzene rings is 3. The first-order chi connectivity index (χ1) is 18.6. The summed E-state index contributed by atoms with van der Waals surface area (Å²) in [5.41, 5.74) is 3.80. The van der Waals surface area contributed by atoms with E-state index >= 15 is 0 Å². The zero-order chi connectivity index (χ0) is 26.5. The summed E-state index contributed by atoms with van der Waals surface area (Å²) in [6.45, 7) is 0.00399. The number of ether oxygens (including phenoxy) is 3. The van der Waals surface area contributed by atoms with Gasteiger partial charge in [-0.25, -0.2) is 0 Å². The number of pyridine rings is 1. The second-order valence-corrected chi connectivity index (χ2v) is 8.59. The number of aliphatic hydroxyl groups is 1. The van der Waals surface area contributed by atoms with E-state index in [-0.39, 0.29) is 25.1 Å². The standard InChI is InChI=1S/C31H27NO6/c1-35-28-17-21(20-8-4-3-5-9-20)16-26(31(28)36-2)30-25(18-22-10-6-7-13-32-22)29(34)24-12-11-23(37-15-14-33)19-27(24)38-30/h3-13,16-17,19,33H,14-15,18H2,1-2H3. The molecule has 2 heterocycles. The van der Waals surface area contributed by atoms with Crippen LogP contribution >= 0.6 is 0 Å². The first-order valence-corrected chi connectivity index (χ1v) is 12.2. The summed E-state index contributed by atoms with van der Waals surface area (Å²) in [6, 6.07) is 24.3. The van der Waals surface area contributed by atoms with Crippen LogP contribution in [-0.4, -0.2) is 37.5 Å². The SMILES string of the molecule is COc1cc(-c2ccccc2)cc(-c2oc3cc(OCCO)ccc3c(=O)c2Cc2ccccn2)c1OC. The molecule has 5 aromatic rings. The molecule has 0 saturated heterocycles. The van der Waals surface area contributed by atoms with Gasteiger partial charge in [-0.3, -0.25) is 9.78 Å². The van der Waals surface area contributed by atoms with Crippen molar-refractivity contribution in [3.63, 3.8) is 0 Å². The highest BCUT2D eigenvalue weighted by atomic mass is 16.5. The average molecular weight is 510 g/mol. The number of rotatable bonds is 9. The van der Waals surface area contributed by atoms with Crippen molar-refractivity contribution in [3.8, 4) is 39.7 Å². The maximum atomic E-state index is 13.9. The Hall–Kier alpha value is -4.62. The third-order valence-corrected chi connectivity index (χ3v) is 6.23. The molecule has 7 nitrogen and oxygen atoms in total. The number of aliphatic hydroxyl groups excluding tert-OH is 1. The predicted octanol–water partition coefficient (Wildman–Crippen LogP) is 5.50. The van der Waals surface area contributed by atoms with Crippen molar-refractivity contribution >= 4 is 11.0 Å². The summed E-state index contributed by atoms with van der Waals surface area (Å²) >= 11 is 0. The predicted molar refractivity (Wildman–Crippen MR) is 146 cm³/mol. The van der Waals surface area contributed by atoms with Crippen LogP contribution < -0.4 is 19.6 Å². The molecule has 7 heteroatoms. The third kappa shape index (κ3) is 4.96. The molecule has 2 aromatic heterocycles.